The zero-order chi connectivity index (χ0) is 9.68. The molecule has 0 spiro atoms. The molecule has 0 aliphatic rings. The Bertz CT molecular complexity index is 271. The molecule has 0 radical (unpaired) electrons. The number of hydrogen-bond acceptors (Lipinski definition) is 2. The van der Waals surface area contributed by atoms with Crippen molar-refractivity contribution in [2.24, 2.45) is 0 Å². The van der Waals surface area contributed by atoms with Gasteiger partial charge in [-0.05, 0) is 24.6 Å². The molecule has 0 fully saturated rings. The lowest BCUT2D eigenvalue weighted by atomic mass is 10.2. The fourth-order valence-electron chi connectivity index (χ4n) is 1.01. The van der Waals surface area contributed by atoms with Gasteiger partial charge in [-0.1, -0.05) is 23.7 Å². The van der Waals surface area contributed by atoms with Crippen molar-refractivity contribution in [3.05, 3.63) is 34.9 Å². The van der Waals surface area contributed by atoms with E-state index < -0.39 is 0 Å². The van der Waals surface area contributed by atoms with Crippen LogP contribution in [0.2, 0.25) is 5.02 Å². The Labute approximate surface area is 87.5 Å². The zero-order valence-electron chi connectivity index (χ0n) is 7.37. The fourth-order valence-corrected chi connectivity index (χ4v) is 1.86. The van der Waals surface area contributed by atoms with Gasteiger partial charge in [-0.25, -0.2) is 0 Å². The van der Waals surface area contributed by atoms with E-state index in [-0.39, 0.29) is 0 Å². The Balaban J connectivity index is 2.60. The molecule has 0 aliphatic heterocycles. The highest BCUT2D eigenvalue weighted by molar-refractivity contribution is 8.00. The summed E-state index contributed by atoms with van der Waals surface area (Å²) in [7, 11) is 0. The van der Waals surface area contributed by atoms with Crippen LogP contribution in [-0.4, -0.2) is 12.0 Å². The van der Waals surface area contributed by atoms with E-state index in [9.17, 15) is 4.79 Å². The number of thioether (sulfide) groups is 1. The Hall–Kier alpha value is -0.470. The zero-order valence-corrected chi connectivity index (χ0v) is 8.94. The van der Waals surface area contributed by atoms with Crippen LogP contribution < -0.4 is 0 Å². The predicted molar refractivity (Wildman–Crippen MR) is 58.4 cm³/mol. The molecule has 1 aromatic carbocycles. The van der Waals surface area contributed by atoms with Crippen LogP contribution in [0.3, 0.4) is 0 Å². The van der Waals surface area contributed by atoms with Crippen LogP contribution in [0.4, 0.5) is 0 Å². The van der Waals surface area contributed by atoms with Crippen LogP contribution in [-0.2, 0) is 4.79 Å². The molecule has 0 heterocycles. The molecule has 0 aromatic heterocycles. The normalized spacial score (nSPS) is 12.5. The van der Waals surface area contributed by atoms with Gasteiger partial charge >= 0.3 is 0 Å². The number of carbonyl (C=O) groups is 1. The van der Waals surface area contributed by atoms with Crippen LogP contribution in [0.5, 0.6) is 0 Å². The predicted octanol–water partition coefficient (Wildman–Crippen LogP) is 3.33. The quantitative estimate of drug-likeness (QED) is 0.716. The van der Waals surface area contributed by atoms with Crippen molar-refractivity contribution in [1.29, 1.82) is 0 Å². The van der Waals surface area contributed by atoms with E-state index in [0.29, 0.717) is 11.0 Å². The summed E-state index contributed by atoms with van der Waals surface area (Å²) in [6, 6.07) is 7.72. The van der Waals surface area contributed by atoms with Crippen molar-refractivity contribution in [1.82, 2.24) is 0 Å². The van der Waals surface area contributed by atoms with E-state index in [4.69, 9.17) is 11.6 Å². The summed E-state index contributed by atoms with van der Waals surface area (Å²) in [5.74, 6) is 0.545. The fraction of sp³-hybridized carbons (Fsp3) is 0.300. The molecule has 0 saturated heterocycles. The SMILES string of the molecule is CC(SCC=O)c1ccc(Cl)cc1. The van der Waals surface area contributed by atoms with Crippen molar-refractivity contribution in [3.8, 4) is 0 Å². The number of rotatable bonds is 4. The Morgan fingerprint density at radius 2 is 2.08 bits per heavy atom. The van der Waals surface area contributed by atoms with Crippen LogP contribution >= 0.6 is 23.4 Å². The third-order valence-corrected chi connectivity index (χ3v) is 3.11. The molecule has 0 N–H and O–H groups in total. The van der Waals surface area contributed by atoms with E-state index >= 15 is 0 Å². The lowest BCUT2D eigenvalue weighted by Crippen LogP contribution is -1.90. The minimum Gasteiger partial charge on any atom is -0.302 e. The van der Waals surface area contributed by atoms with Gasteiger partial charge in [0.05, 0.1) is 0 Å². The first-order chi connectivity index (χ1) is 6.24. The molecule has 13 heavy (non-hydrogen) atoms. The maximum atomic E-state index is 10.2. The lowest BCUT2D eigenvalue weighted by Gasteiger charge is -2.09. The molecule has 0 amide bonds. The third-order valence-electron chi connectivity index (χ3n) is 1.75. The average molecular weight is 215 g/mol. The summed E-state index contributed by atoms with van der Waals surface area (Å²) in [5.41, 5.74) is 1.20. The number of aldehydes is 1. The molecule has 0 bridgehead atoms. The van der Waals surface area contributed by atoms with Crippen LogP contribution in [0, 0.1) is 0 Å². The van der Waals surface area contributed by atoms with Gasteiger partial charge in [-0.3, -0.25) is 0 Å². The number of carbonyl (C=O) groups excluding carboxylic acids is 1. The van der Waals surface area contributed by atoms with Crippen molar-refractivity contribution in [3.63, 3.8) is 0 Å². The summed E-state index contributed by atoms with van der Waals surface area (Å²) < 4.78 is 0. The Morgan fingerprint density at radius 3 is 2.62 bits per heavy atom. The topological polar surface area (TPSA) is 17.1 Å². The molecular formula is C10H11ClOS. The summed E-state index contributed by atoms with van der Waals surface area (Å²) >= 11 is 7.38. The first-order valence-corrected chi connectivity index (χ1v) is 5.47. The summed E-state index contributed by atoms with van der Waals surface area (Å²) in [4.78, 5) is 10.2. The standard InChI is InChI=1S/C10H11ClOS/c1-8(13-7-6-12)9-2-4-10(11)5-3-9/h2-6,8H,7H2,1H3. The molecular weight excluding hydrogens is 204 g/mol. The van der Waals surface area contributed by atoms with Gasteiger partial charge in [0.15, 0.2) is 0 Å². The maximum absolute atomic E-state index is 10.2. The van der Waals surface area contributed by atoms with E-state index in [2.05, 4.69) is 6.92 Å². The van der Waals surface area contributed by atoms with Crippen LogP contribution in [0.15, 0.2) is 24.3 Å². The van der Waals surface area contributed by atoms with Crippen molar-refractivity contribution in [2.45, 2.75) is 12.2 Å². The maximum Gasteiger partial charge on any atom is 0.129 e. The van der Waals surface area contributed by atoms with Gasteiger partial charge in [-0.2, -0.15) is 0 Å². The van der Waals surface area contributed by atoms with Gasteiger partial charge in [-0.15, -0.1) is 11.8 Å². The van der Waals surface area contributed by atoms with Gasteiger partial charge in [0, 0.05) is 16.0 Å². The number of hydrogen-bond donors (Lipinski definition) is 0. The highest BCUT2D eigenvalue weighted by atomic mass is 35.5. The second-order valence-corrected chi connectivity index (χ2v) is 4.50. The second-order valence-electron chi connectivity index (χ2n) is 2.69. The highest BCUT2D eigenvalue weighted by Gasteiger charge is 2.04. The molecule has 1 rings (SSSR count). The minimum absolute atomic E-state index is 0.350. The second kappa shape index (κ2) is 5.30. The summed E-state index contributed by atoms with van der Waals surface area (Å²) in [5, 5.41) is 1.10. The van der Waals surface area contributed by atoms with Gasteiger partial charge in [0.2, 0.25) is 0 Å². The van der Waals surface area contributed by atoms with Crippen LogP contribution in [0.25, 0.3) is 0 Å². The first kappa shape index (κ1) is 10.6. The molecule has 70 valence electrons. The lowest BCUT2D eigenvalue weighted by molar-refractivity contribution is -0.105. The van der Waals surface area contributed by atoms with E-state index in [0.717, 1.165) is 11.3 Å². The third kappa shape index (κ3) is 3.41. The first-order valence-electron chi connectivity index (χ1n) is 4.04. The molecule has 0 aliphatic carbocycles. The van der Waals surface area contributed by atoms with Gasteiger partial charge in [0.25, 0.3) is 0 Å². The number of benzene rings is 1. The molecule has 3 heteroatoms. The van der Waals surface area contributed by atoms with Gasteiger partial charge < -0.3 is 4.79 Å². The minimum atomic E-state index is 0.350. The number of halogens is 1. The van der Waals surface area contributed by atoms with Crippen molar-refractivity contribution in [2.75, 3.05) is 5.75 Å². The summed E-state index contributed by atoms with van der Waals surface area (Å²) in [6.45, 7) is 2.08. The molecule has 1 atom stereocenters. The molecule has 1 aromatic rings. The van der Waals surface area contributed by atoms with E-state index in [1.54, 1.807) is 11.8 Å². The van der Waals surface area contributed by atoms with Crippen LogP contribution in [0.1, 0.15) is 17.7 Å². The largest absolute Gasteiger partial charge is 0.302 e. The van der Waals surface area contributed by atoms with Crippen molar-refractivity contribution < 1.29 is 4.79 Å². The monoisotopic (exact) mass is 214 g/mol. The average Bonchev–Trinajstić information content (AvgIpc) is 2.15. The Morgan fingerprint density at radius 1 is 1.46 bits per heavy atom. The van der Waals surface area contributed by atoms with Crippen molar-refractivity contribution >= 4 is 29.6 Å². The molecule has 1 unspecified atom stereocenters. The van der Waals surface area contributed by atoms with Gasteiger partial charge in [0.1, 0.15) is 6.29 Å². The van der Waals surface area contributed by atoms with E-state index in [1.807, 2.05) is 24.3 Å². The van der Waals surface area contributed by atoms with E-state index in [1.165, 1.54) is 5.56 Å². The molecule has 0 saturated carbocycles. The Kier molecular flexibility index (Phi) is 4.33. The molecule has 1 nitrogen and oxygen atoms in total. The highest BCUT2D eigenvalue weighted by Crippen LogP contribution is 2.27. The smallest absolute Gasteiger partial charge is 0.129 e. The summed E-state index contributed by atoms with van der Waals surface area (Å²) in [6.07, 6.45) is 0.928.